The van der Waals surface area contributed by atoms with Crippen molar-refractivity contribution in [2.24, 2.45) is 11.7 Å². The second-order valence-corrected chi connectivity index (χ2v) is 4.60. The summed E-state index contributed by atoms with van der Waals surface area (Å²) >= 11 is 0. The first-order valence-electron chi connectivity index (χ1n) is 5.54. The first-order valence-corrected chi connectivity index (χ1v) is 5.54. The van der Waals surface area contributed by atoms with Crippen molar-refractivity contribution in [2.45, 2.75) is 26.8 Å². The number of hydrogen-bond acceptors (Lipinski definition) is 1. The largest absolute Gasteiger partial charge is 0.356 e. The first kappa shape index (κ1) is 11.1. The number of aryl methyl sites for hydroxylation is 1. The SMILES string of the molecule is Cc1[nH]c2c(F)cccc2c1C(N)C(C)C. The smallest absolute Gasteiger partial charge is 0.147 e. The summed E-state index contributed by atoms with van der Waals surface area (Å²) in [6.45, 7) is 6.08. The molecule has 1 atom stereocenters. The van der Waals surface area contributed by atoms with E-state index in [4.69, 9.17) is 5.73 Å². The number of hydrogen-bond donors (Lipinski definition) is 2. The van der Waals surface area contributed by atoms with Gasteiger partial charge in [0.1, 0.15) is 5.82 Å². The van der Waals surface area contributed by atoms with Crippen molar-refractivity contribution in [3.8, 4) is 0 Å². The molecule has 0 spiro atoms. The number of H-pyrrole nitrogens is 1. The predicted octanol–water partition coefficient (Wildman–Crippen LogP) is 3.27. The molecular weight excluding hydrogens is 203 g/mol. The van der Waals surface area contributed by atoms with Crippen LogP contribution in [0.3, 0.4) is 0 Å². The highest BCUT2D eigenvalue weighted by atomic mass is 19.1. The van der Waals surface area contributed by atoms with Crippen LogP contribution >= 0.6 is 0 Å². The number of nitrogens with one attached hydrogen (secondary N) is 1. The Morgan fingerprint density at radius 1 is 1.31 bits per heavy atom. The second-order valence-electron chi connectivity index (χ2n) is 4.60. The summed E-state index contributed by atoms with van der Waals surface area (Å²) in [6.07, 6.45) is 0. The van der Waals surface area contributed by atoms with E-state index in [9.17, 15) is 4.39 Å². The molecule has 0 aliphatic heterocycles. The van der Waals surface area contributed by atoms with Crippen molar-refractivity contribution in [3.05, 3.63) is 35.3 Å². The average molecular weight is 220 g/mol. The Labute approximate surface area is 94.7 Å². The lowest BCUT2D eigenvalue weighted by molar-refractivity contribution is 0.515. The van der Waals surface area contributed by atoms with Crippen LogP contribution in [0.2, 0.25) is 0 Å². The van der Waals surface area contributed by atoms with Gasteiger partial charge in [-0.25, -0.2) is 4.39 Å². The Balaban J connectivity index is 2.70. The van der Waals surface area contributed by atoms with Gasteiger partial charge in [-0.15, -0.1) is 0 Å². The van der Waals surface area contributed by atoms with Gasteiger partial charge in [-0.3, -0.25) is 0 Å². The summed E-state index contributed by atoms with van der Waals surface area (Å²) in [5, 5.41) is 0.902. The molecule has 3 heteroatoms. The third-order valence-corrected chi connectivity index (χ3v) is 3.07. The highest BCUT2D eigenvalue weighted by molar-refractivity contribution is 5.85. The van der Waals surface area contributed by atoms with Crippen LogP contribution in [0.25, 0.3) is 10.9 Å². The van der Waals surface area contributed by atoms with Crippen molar-refractivity contribution in [1.82, 2.24) is 4.98 Å². The zero-order valence-electron chi connectivity index (χ0n) is 9.84. The van der Waals surface area contributed by atoms with Crippen molar-refractivity contribution in [3.63, 3.8) is 0 Å². The fraction of sp³-hybridized carbons (Fsp3) is 0.385. The molecular formula is C13H17FN2. The molecule has 0 fully saturated rings. The predicted molar refractivity (Wildman–Crippen MR) is 64.8 cm³/mol. The summed E-state index contributed by atoms with van der Waals surface area (Å²) in [5.74, 6) is 0.115. The van der Waals surface area contributed by atoms with E-state index >= 15 is 0 Å². The lowest BCUT2D eigenvalue weighted by atomic mass is 9.94. The van der Waals surface area contributed by atoms with Crippen LogP contribution in [0, 0.1) is 18.7 Å². The Hall–Kier alpha value is -1.35. The maximum Gasteiger partial charge on any atom is 0.147 e. The molecule has 16 heavy (non-hydrogen) atoms. The Morgan fingerprint density at radius 3 is 2.62 bits per heavy atom. The van der Waals surface area contributed by atoms with Gasteiger partial charge in [-0.05, 0) is 24.5 Å². The molecule has 0 bridgehead atoms. The number of rotatable bonds is 2. The molecule has 0 saturated heterocycles. The summed E-state index contributed by atoms with van der Waals surface area (Å²) in [7, 11) is 0. The Morgan fingerprint density at radius 2 is 2.00 bits per heavy atom. The first-order chi connectivity index (χ1) is 7.52. The molecule has 2 nitrogen and oxygen atoms in total. The van der Waals surface area contributed by atoms with Crippen LogP contribution in [-0.4, -0.2) is 4.98 Å². The highest BCUT2D eigenvalue weighted by Crippen LogP contribution is 2.31. The van der Waals surface area contributed by atoms with E-state index < -0.39 is 0 Å². The van der Waals surface area contributed by atoms with Crippen LogP contribution in [0.1, 0.15) is 31.1 Å². The van der Waals surface area contributed by atoms with Gasteiger partial charge in [0.25, 0.3) is 0 Å². The molecule has 2 aromatic rings. The van der Waals surface area contributed by atoms with Gasteiger partial charge >= 0.3 is 0 Å². The molecule has 0 radical (unpaired) electrons. The fourth-order valence-electron chi connectivity index (χ4n) is 2.10. The molecule has 1 aromatic heterocycles. The van der Waals surface area contributed by atoms with Crippen LogP contribution in [-0.2, 0) is 0 Å². The van der Waals surface area contributed by atoms with E-state index in [1.807, 2.05) is 13.0 Å². The topological polar surface area (TPSA) is 41.8 Å². The fourth-order valence-corrected chi connectivity index (χ4v) is 2.10. The number of aromatic nitrogens is 1. The van der Waals surface area contributed by atoms with E-state index in [-0.39, 0.29) is 11.9 Å². The van der Waals surface area contributed by atoms with Crippen molar-refractivity contribution >= 4 is 10.9 Å². The molecule has 1 heterocycles. The number of para-hydroxylation sites is 1. The molecule has 0 amide bonds. The summed E-state index contributed by atoms with van der Waals surface area (Å²) < 4.78 is 13.6. The van der Waals surface area contributed by atoms with E-state index in [1.165, 1.54) is 6.07 Å². The molecule has 1 unspecified atom stereocenters. The van der Waals surface area contributed by atoms with E-state index in [0.717, 1.165) is 16.6 Å². The van der Waals surface area contributed by atoms with Crippen LogP contribution in [0.5, 0.6) is 0 Å². The van der Waals surface area contributed by atoms with E-state index in [1.54, 1.807) is 6.07 Å². The van der Waals surface area contributed by atoms with Gasteiger partial charge < -0.3 is 10.7 Å². The highest BCUT2D eigenvalue weighted by Gasteiger charge is 2.19. The Bertz CT molecular complexity index is 514. The zero-order chi connectivity index (χ0) is 11.9. The molecule has 0 saturated carbocycles. The number of nitrogens with two attached hydrogens (primary N) is 1. The number of halogens is 1. The van der Waals surface area contributed by atoms with Crippen molar-refractivity contribution < 1.29 is 4.39 Å². The number of benzene rings is 1. The third-order valence-electron chi connectivity index (χ3n) is 3.07. The lowest BCUT2D eigenvalue weighted by Crippen LogP contribution is -2.17. The Kier molecular flexibility index (Phi) is 2.72. The monoisotopic (exact) mass is 220 g/mol. The van der Waals surface area contributed by atoms with Gasteiger partial charge in [0, 0.05) is 17.1 Å². The molecule has 1 aromatic carbocycles. The maximum atomic E-state index is 13.6. The van der Waals surface area contributed by atoms with Crippen LogP contribution in [0.15, 0.2) is 18.2 Å². The van der Waals surface area contributed by atoms with Crippen LogP contribution in [0.4, 0.5) is 4.39 Å². The van der Waals surface area contributed by atoms with Gasteiger partial charge in [0.2, 0.25) is 0 Å². The van der Waals surface area contributed by atoms with E-state index in [0.29, 0.717) is 11.4 Å². The molecule has 86 valence electrons. The minimum absolute atomic E-state index is 0.0597. The third kappa shape index (κ3) is 1.61. The zero-order valence-corrected chi connectivity index (χ0v) is 9.84. The van der Waals surface area contributed by atoms with Crippen molar-refractivity contribution in [1.29, 1.82) is 0 Å². The summed E-state index contributed by atoms with van der Waals surface area (Å²) in [6, 6.07) is 5.04. The van der Waals surface area contributed by atoms with Gasteiger partial charge in [0.05, 0.1) is 5.52 Å². The van der Waals surface area contributed by atoms with Gasteiger partial charge in [0.15, 0.2) is 0 Å². The molecule has 0 aliphatic carbocycles. The molecule has 0 aliphatic rings. The normalized spacial score (nSPS) is 13.6. The summed E-state index contributed by atoms with van der Waals surface area (Å²) in [4.78, 5) is 3.08. The quantitative estimate of drug-likeness (QED) is 0.801. The number of fused-ring (bicyclic) bond motifs is 1. The molecule has 2 rings (SSSR count). The van der Waals surface area contributed by atoms with Gasteiger partial charge in [-0.1, -0.05) is 26.0 Å². The van der Waals surface area contributed by atoms with E-state index in [2.05, 4.69) is 18.8 Å². The minimum Gasteiger partial charge on any atom is -0.356 e. The minimum atomic E-state index is -0.220. The molecule has 3 N–H and O–H groups in total. The van der Waals surface area contributed by atoms with Gasteiger partial charge in [-0.2, -0.15) is 0 Å². The van der Waals surface area contributed by atoms with Crippen LogP contribution < -0.4 is 5.73 Å². The average Bonchev–Trinajstić information content (AvgIpc) is 2.55. The standard InChI is InChI=1S/C13H17FN2/c1-7(2)12(15)11-8(3)16-13-9(11)5-4-6-10(13)14/h4-7,12,16H,15H2,1-3H3. The second kappa shape index (κ2) is 3.91. The lowest BCUT2D eigenvalue weighted by Gasteiger charge is -2.16. The maximum absolute atomic E-state index is 13.6. The van der Waals surface area contributed by atoms with Crippen molar-refractivity contribution in [2.75, 3.05) is 0 Å². The summed E-state index contributed by atoms with van der Waals surface area (Å²) in [5.41, 5.74) is 8.71. The number of aromatic amines is 1.